The summed E-state index contributed by atoms with van der Waals surface area (Å²) in [7, 11) is 0. The molecule has 0 aliphatic heterocycles. The maximum atomic E-state index is 8.83. The van der Waals surface area contributed by atoms with Crippen molar-refractivity contribution in [1.82, 2.24) is 5.32 Å². The molecule has 0 spiro atoms. The zero-order chi connectivity index (χ0) is 13.2. The van der Waals surface area contributed by atoms with Crippen LogP contribution in [0.25, 0.3) is 0 Å². The van der Waals surface area contributed by atoms with Gasteiger partial charge in [-0.3, -0.25) is 0 Å². The van der Waals surface area contributed by atoms with Gasteiger partial charge in [0.05, 0.1) is 6.61 Å². The van der Waals surface area contributed by atoms with Crippen molar-refractivity contribution in [3.8, 4) is 5.75 Å². The number of rotatable bonds is 9. The molecule has 3 heteroatoms. The van der Waals surface area contributed by atoms with Crippen molar-refractivity contribution in [3.05, 3.63) is 29.8 Å². The lowest BCUT2D eigenvalue weighted by atomic mass is 10.1. The van der Waals surface area contributed by atoms with Crippen LogP contribution < -0.4 is 10.1 Å². The van der Waals surface area contributed by atoms with Crippen LogP contribution in [0.2, 0.25) is 0 Å². The van der Waals surface area contributed by atoms with Gasteiger partial charge in [0, 0.05) is 19.1 Å². The second-order valence-corrected chi connectivity index (χ2v) is 4.74. The third-order valence-corrected chi connectivity index (χ3v) is 2.78. The Morgan fingerprint density at radius 1 is 1.28 bits per heavy atom. The van der Waals surface area contributed by atoms with Crippen molar-refractivity contribution in [2.75, 3.05) is 26.3 Å². The average Bonchev–Trinajstić information content (AvgIpc) is 2.39. The summed E-state index contributed by atoms with van der Waals surface area (Å²) in [4.78, 5) is 0. The highest BCUT2D eigenvalue weighted by molar-refractivity contribution is 5.27. The first-order valence-electron chi connectivity index (χ1n) is 6.79. The highest BCUT2D eigenvalue weighted by Gasteiger charge is 2.02. The monoisotopic (exact) mass is 251 g/mol. The Hall–Kier alpha value is -1.06. The molecule has 0 saturated heterocycles. The first kappa shape index (κ1) is 15.0. The van der Waals surface area contributed by atoms with Crippen LogP contribution in [-0.4, -0.2) is 31.4 Å². The van der Waals surface area contributed by atoms with Crippen LogP contribution in [0.5, 0.6) is 5.75 Å². The molecule has 0 radical (unpaired) electrons. The van der Waals surface area contributed by atoms with Crippen LogP contribution in [0.1, 0.15) is 25.8 Å². The largest absolute Gasteiger partial charge is 0.493 e. The zero-order valence-electron chi connectivity index (χ0n) is 11.5. The molecule has 0 amide bonds. The summed E-state index contributed by atoms with van der Waals surface area (Å²) < 4.78 is 5.73. The van der Waals surface area contributed by atoms with Gasteiger partial charge in [-0.2, -0.15) is 0 Å². The second-order valence-electron chi connectivity index (χ2n) is 4.74. The third-order valence-electron chi connectivity index (χ3n) is 2.78. The van der Waals surface area contributed by atoms with E-state index in [0.717, 1.165) is 31.0 Å². The van der Waals surface area contributed by atoms with Crippen molar-refractivity contribution in [2.24, 2.45) is 5.92 Å². The molecule has 0 saturated carbocycles. The molecule has 1 aromatic rings. The Balaban J connectivity index is 2.25. The number of hydrogen-bond acceptors (Lipinski definition) is 3. The minimum Gasteiger partial charge on any atom is -0.493 e. The average molecular weight is 251 g/mol. The Bertz CT molecular complexity index is 311. The lowest BCUT2D eigenvalue weighted by molar-refractivity contribution is 0.255. The van der Waals surface area contributed by atoms with Crippen molar-refractivity contribution in [3.63, 3.8) is 0 Å². The minimum atomic E-state index is 0.195. The molecule has 0 heterocycles. The molecular formula is C15H25NO2. The van der Waals surface area contributed by atoms with Crippen LogP contribution in [-0.2, 0) is 6.42 Å². The van der Waals surface area contributed by atoms with E-state index < -0.39 is 0 Å². The Morgan fingerprint density at radius 2 is 2.00 bits per heavy atom. The number of ether oxygens (including phenoxy) is 1. The van der Waals surface area contributed by atoms with Crippen molar-refractivity contribution in [2.45, 2.75) is 26.7 Å². The van der Waals surface area contributed by atoms with Crippen LogP contribution in [0.4, 0.5) is 0 Å². The first-order chi connectivity index (χ1) is 8.76. The number of benzene rings is 1. The number of hydrogen-bond donors (Lipinski definition) is 2. The Kier molecular flexibility index (Phi) is 7.46. The van der Waals surface area contributed by atoms with E-state index in [2.05, 4.69) is 19.2 Å². The Morgan fingerprint density at radius 3 is 2.61 bits per heavy atom. The smallest absolute Gasteiger partial charge is 0.119 e. The second kappa shape index (κ2) is 8.95. The van der Waals surface area contributed by atoms with E-state index in [0.29, 0.717) is 12.3 Å². The normalized spacial score (nSPS) is 12.4. The summed E-state index contributed by atoms with van der Waals surface area (Å²) in [5.41, 5.74) is 1.14. The Labute approximate surface area is 110 Å². The molecule has 0 fully saturated rings. The minimum absolute atomic E-state index is 0.195. The van der Waals surface area contributed by atoms with Gasteiger partial charge in [0.25, 0.3) is 0 Å². The van der Waals surface area contributed by atoms with E-state index >= 15 is 0 Å². The van der Waals surface area contributed by atoms with Crippen LogP contribution in [0.15, 0.2) is 24.3 Å². The molecule has 1 aromatic carbocycles. The van der Waals surface area contributed by atoms with Gasteiger partial charge < -0.3 is 15.2 Å². The fourth-order valence-electron chi connectivity index (χ4n) is 1.70. The molecule has 1 atom stereocenters. The van der Waals surface area contributed by atoms with Gasteiger partial charge in [-0.25, -0.2) is 0 Å². The van der Waals surface area contributed by atoms with Gasteiger partial charge in [0.2, 0.25) is 0 Å². The molecule has 0 bridgehead atoms. The first-order valence-corrected chi connectivity index (χ1v) is 6.79. The van der Waals surface area contributed by atoms with E-state index in [4.69, 9.17) is 9.84 Å². The van der Waals surface area contributed by atoms with Crippen molar-refractivity contribution < 1.29 is 9.84 Å². The maximum Gasteiger partial charge on any atom is 0.119 e. The summed E-state index contributed by atoms with van der Waals surface area (Å²) in [6, 6.07) is 7.95. The van der Waals surface area contributed by atoms with Crippen LogP contribution in [0, 0.1) is 5.92 Å². The van der Waals surface area contributed by atoms with Crippen molar-refractivity contribution >= 4 is 0 Å². The molecule has 0 aliphatic rings. The van der Waals surface area contributed by atoms with Gasteiger partial charge in [0.1, 0.15) is 5.75 Å². The summed E-state index contributed by atoms with van der Waals surface area (Å²) in [6.45, 7) is 7.35. The van der Waals surface area contributed by atoms with Crippen molar-refractivity contribution in [1.29, 1.82) is 0 Å². The quantitative estimate of drug-likeness (QED) is 0.661. The number of aliphatic hydroxyl groups excluding tert-OH is 1. The molecule has 0 aliphatic carbocycles. The van der Waals surface area contributed by atoms with Gasteiger partial charge in [-0.15, -0.1) is 0 Å². The third kappa shape index (κ3) is 6.03. The van der Waals surface area contributed by atoms with Gasteiger partial charge in [0.15, 0.2) is 0 Å². The molecule has 1 rings (SSSR count). The topological polar surface area (TPSA) is 41.5 Å². The van der Waals surface area contributed by atoms with E-state index in [1.54, 1.807) is 0 Å². The SMILES string of the molecule is CCCNCC(C)COc1ccc(CCO)cc1. The summed E-state index contributed by atoms with van der Waals surface area (Å²) in [6.07, 6.45) is 1.87. The molecule has 0 aromatic heterocycles. The molecule has 102 valence electrons. The summed E-state index contributed by atoms with van der Waals surface area (Å²) >= 11 is 0. The van der Waals surface area contributed by atoms with Crippen LogP contribution >= 0.6 is 0 Å². The van der Waals surface area contributed by atoms with Gasteiger partial charge in [-0.1, -0.05) is 26.0 Å². The molecule has 1 unspecified atom stereocenters. The molecule has 2 N–H and O–H groups in total. The standard InChI is InChI=1S/C15H25NO2/c1-3-9-16-11-13(2)12-18-15-6-4-14(5-7-15)8-10-17/h4-7,13,16-17H,3,8-12H2,1-2H3. The summed E-state index contributed by atoms with van der Waals surface area (Å²) in [5, 5.41) is 12.2. The lowest BCUT2D eigenvalue weighted by Crippen LogP contribution is -2.25. The predicted octanol–water partition coefficient (Wildman–Crippen LogP) is 2.24. The fourth-order valence-corrected chi connectivity index (χ4v) is 1.70. The number of nitrogens with one attached hydrogen (secondary N) is 1. The maximum absolute atomic E-state index is 8.83. The van der Waals surface area contributed by atoms with E-state index in [-0.39, 0.29) is 6.61 Å². The van der Waals surface area contributed by atoms with E-state index in [1.807, 2.05) is 24.3 Å². The lowest BCUT2D eigenvalue weighted by Gasteiger charge is -2.14. The van der Waals surface area contributed by atoms with E-state index in [1.165, 1.54) is 6.42 Å². The van der Waals surface area contributed by atoms with Gasteiger partial charge in [-0.05, 0) is 37.1 Å². The molecular weight excluding hydrogens is 226 g/mol. The highest BCUT2D eigenvalue weighted by atomic mass is 16.5. The molecule has 18 heavy (non-hydrogen) atoms. The number of aliphatic hydroxyl groups is 1. The predicted molar refractivity (Wildman–Crippen MR) is 75.1 cm³/mol. The molecule has 3 nitrogen and oxygen atoms in total. The van der Waals surface area contributed by atoms with Gasteiger partial charge >= 0.3 is 0 Å². The zero-order valence-corrected chi connectivity index (χ0v) is 11.5. The van der Waals surface area contributed by atoms with Crippen LogP contribution in [0.3, 0.4) is 0 Å². The summed E-state index contributed by atoms with van der Waals surface area (Å²) in [5.74, 6) is 1.41. The highest BCUT2D eigenvalue weighted by Crippen LogP contribution is 2.13. The fraction of sp³-hybridized carbons (Fsp3) is 0.600. The van der Waals surface area contributed by atoms with E-state index in [9.17, 15) is 0 Å².